The number of benzene rings is 3. The maximum absolute atomic E-state index is 13.3. The number of H-pyrrole nitrogens is 1. The zero-order valence-corrected chi connectivity index (χ0v) is 16.9. The lowest BCUT2D eigenvalue weighted by atomic mass is 9.99. The Kier molecular flexibility index (Phi) is 3.71. The molecule has 0 aliphatic rings. The SMILES string of the molecule is Cc1cccc2[nH]c3c(C)c4c(=O)c5ccccc5n(S(=O)(=O)O)c4cc3c(=O)c12. The van der Waals surface area contributed by atoms with Gasteiger partial charge in [-0.2, -0.15) is 8.42 Å². The highest BCUT2D eigenvalue weighted by Gasteiger charge is 2.22. The van der Waals surface area contributed by atoms with Crippen molar-refractivity contribution in [3.05, 3.63) is 80.1 Å². The minimum Gasteiger partial charge on any atom is -0.354 e. The van der Waals surface area contributed by atoms with Gasteiger partial charge in [-0.1, -0.05) is 24.3 Å². The fraction of sp³-hybridized carbons (Fsp3) is 0.0909. The molecule has 3 aromatic carbocycles. The predicted molar refractivity (Wildman–Crippen MR) is 118 cm³/mol. The summed E-state index contributed by atoms with van der Waals surface area (Å²) in [6.07, 6.45) is 0. The van der Waals surface area contributed by atoms with Crippen LogP contribution in [0.2, 0.25) is 0 Å². The van der Waals surface area contributed by atoms with E-state index in [1.54, 1.807) is 25.1 Å². The summed E-state index contributed by atoms with van der Waals surface area (Å²) in [5.74, 6) is 0. The first-order valence-corrected chi connectivity index (χ1v) is 10.6. The molecule has 0 fully saturated rings. The lowest BCUT2D eigenvalue weighted by Gasteiger charge is -2.15. The standard InChI is InChI=1S/C22H16N2O5S/c1-11-6-5-8-15-18(11)22(26)14-10-17-19(12(2)20(14)23-15)21(25)13-7-3-4-9-16(13)24(17)30(27,28)29/h3-10H,1-2H3,(H,23,26)(H,27,28,29). The van der Waals surface area contributed by atoms with Crippen molar-refractivity contribution in [2.75, 3.05) is 0 Å². The van der Waals surface area contributed by atoms with Crippen molar-refractivity contribution in [1.29, 1.82) is 0 Å². The van der Waals surface area contributed by atoms with Crippen LogP contribution in [-0.2, 0) is 10.3 Å². The summed E-state index contributed by atoms with van der Waals surface area (Å²) >= 11 is 0. The Morgan fingerprint density at radius 2 is 1.57 bits per heavy atom. The molecule has 0 atom stereocenters. The summed E-state index contributed by atoms with van der Waals surface area (Å²) in [7, 11) is -4.76. The highest BCUT2D eigenvalue weighted by atomic mass is 32.2. The quantitative estimate of drug-likeness (QED) is 0.319. The average molecular weight is 420 g/mol. The van der Waals surface area contributed by atoms with Gasteiger partial charge < -0.3 is 4.98 Å². The van der Waals surface area contributed by atoms with Gasteiger partial charge in [-0.3, -0.25) is 14.1 Å². The number of fused-ring (bicyclic) bond motifs is 4. The first-order valence-electron chi connectivity index (χ1n) is 9.20. The van der Waals surface area contributed by atoms with Crippen LogP contribution in [0.1, 0.15) is 11.1 Å². The Morgan fingerprint density at radius 3 is 2.30 bits per heavy atom. The number of nitrogens with zero attached hydrogens (tertiary/aromatic N) is 1. The minimum absolute atomic E-state index is 0.0374. The van der Waals surface area contributed by atoms with Crippen molar-refractivity contribution in [3.63, 3.8) is 0 Å². The molecular weight excluding hydrogens is 404 g/mol. The van der Waals surface area contributed by atoms with Gasteiger partial charge in [-0.05, 0) is 49.2 Å². The lowest BCUT2D eigenvalue weighted by Crippen LogP contribution is -2.19. The van der Waals surface area contributed by atoms with Gasteiger partial charge in [0, 0.05) is 16.2 Å². The summed E-state index contributed by atoms with van der Waals surface area (Å²) in [5, 5.41) is 1.02. The van der Waals surface area contributed by atoms with Crippen LogP contribution in [0.25, 0.3) is 43.6 Å². The van der Waals surface area contributed by atoms with Crippen LogP contribution in [0.15, 0.2) is 58.1 Å². The zero-order valence-electron chi connectivity index (χ0n) is 16.1. The number of rotatable bonds is 1. The zero-order chi connectivity index (χ0) is 21.4. The molecule has 2 heterocycles. The molecule has 2 aromatic heterocycles. The Balaban J connectivity index is 2.19. The molecule has 8 heteroatoms. The molecule has 5 rings (SSSR count). The molecule has 0 saturated heterocycles. The monoisotopic (exact) mass is 420 g/mol. The number of hydrogen-bond donors (Lipinski definition) is 2. The molecule has 0 amide bonds. The van der Waals surface area contributed by atoms with E-state index in [9.17, 15) is 22.6 Å². The van der Waals surface area contributed by atoms with Crippen molar-refractivity contribution in [3.8, 4) is 0 Å². The highest BCUT2D eigenvalue weighted by molar-refractivity contribution is 7.84. The summed E-state index contributed by atoms with van der Waals surface area (Å²) in [6, 6.07) is 12.9. The number of para-hydroxylation sites is 1. The second-order valence-electron chi connectivity index (χ2n) is 7.36. The molecule has 30 heavy (non-hydrogen) atoms. The number of nitrogens with one attached hydrogen (secondary N) is 1. The van der Waals surface area contributed by atoms with E-state index in [1.807, 2.05) is 19.1 Å². The van der Waals surface area contributed by atoms with Gasteiger partial charge >= 0.3 is 10.3 Å². The van der Waals surface area contributed by atoms with Gasteiger partial charge in [0.2, 0.25) is 0 Å². The van der Waals surface area contributed by atoms with Crippen LogP contribution < -0.4 is 10.9 Å². The van der Waals surface area contributed by atoms with Crippen LogP contribution in [0.5, 0.6) is 0 Å². The molecule has 2 N–H and O–H groups in total. The van der Waals surface area contributed by atoms with Gasteiger partial charge in [0.05, 0.1) is 27.5 Å². The van der Waals surface area contributed by atoms with E-state index in [-0.39, 0.29) is 38.0 Å². The van der Waals surface area contributed by atoms with Crippen LogP contribution in [0.4, 0.5) is 0 Å². The number of hydrogen-bond acceptors (Lipinski definition) is 4. The van der Waals surface area contributed by atoms with E-state index in [2.05, 4.69) is 4.98 Å². The van der Waals surface area contributed by atoms with Crippen LogP contribution in [0.3, 0.4) is 0 Å². The van der Waals surface area contributed by atoms with Crippen molar-refractivity contribution in [2.24, 2.45) is 0 Å². The minimum atomic E-state index is -4.76. The van der Waals surface area contributed by atoms with Gasteiger partial charge in [0.15, 0.2) is 10.9 Å². The van der Waals surface area contributed by atoms with E-state index in [4.69, 9.17) is 0 Å². The molecule has 0 radical (unpaired) electrons. The summed E-state index contributed by atoms with van der Waals surface area (Å²) in [6.45, 7) is 3.48. The van der Waals surface area contributed by atoms with E-state index in [0.717, 1.165) is 5.56 Å². The Morgan fingerprint density at radius 1 is 0.867 bits per heavy atom. The topological polar surface area (TPSA) is 109 Å². The van der Waals surface area contributed by atoms with Gasteiger partial charge in [0.25, 0.3) is 0 Å². The molecule has 0 saturated carbocycles. The molecule has 0 spiro atoms. The fourth-order valence-corrected chi connectivity index (χ4v) is 5.09. The van der Waals surface area contributed by atoms with Crippen molar-refractivity contribution in [2.45, 2.75) is 13.8 Å². The maximum Gasteiger partial charge on any atom is 0.364 e. The summed E-state index contributed by atoms with van der Waals surface area (Å²) in [5.41, 5.74) is 1.67. The fourth-order valence-electron chi connectivity index (χ4n) is 4.29. The maximum atomic E-state index is 13.3. The summed E-state index contributed by atoms with van der Waals surface area (Å²) in [4.78, 5) is 29.8. The molecule has 150 valence electrons. The van der Waals surface area contributed by atoms with Crippen molar-refractivity contribution >= 4 is 53.9 Å². The highest BCUT2D eigenvalue weighted by Crippen LogP contribution is 2.29. The second kappa shape index (κ2) is 6.01. The Bertz CT molecular complexity index is 1780. The molecule has 0 aliphatic heterocycles. The van der Waals surface area contributed by atoms with Crippen LogP contribution in [0, 0.1) is 13.8 Å². The number of aromatic nitrogens is 2. The largest absolute Gasteiger partial charge is 0.364 e. The first-order chi connectivity index (χ1) is 14.2. The molecule has 0 aliphatic carbocycles. The molecular formula is C22H16N2O5S. The first kappa shape index (κ1) is 18.5. The molecule has 0 bridgehead atoms. The normalized spacial score (nSPS) is 12.4. The van der Waals surface area contributed by atoms with E-state index < -0.39 is 10.3 Å². The van der Waals surface area contributed by atoms with E-state index in [0.29, 0.717) is 26.0 Å². The van der Waals surface area contributed by atoms with Crippen LogP contribution >= 0.6 is 0 Å². The third-order valence-corrected chi connectivity index (χ3v) is 6.46. The molecule has 0 unspecified atom stereocenters. The third-order valence-electron chi connectivity index (χ3n) is 5.60. The Hall–Kier alpha value is -3.49. The summed E-state index contributed by atoms with van der Waals surface area (Å²) < 4.78 is 35.3. The number of aryl methyl sites for hydroxylation is 2. The van der Waals surface area contributed by atoms with Crippen LogP contribution in [-0.4, -0.2) is 21.9 Å². The molecule has 7 nitrogen and oxygen atoms in total. The lowest BCUT2D eigenvalue weighted by molar-refractivity contribution is 0.476. The van der Waals surface area contributed by atoms with Crippen molar-refractivity contribution < 1.29 is 13.0 Å². The third kappa shape index (κ3) is 2.38. The van der Waals surface area contributed by atoms with Gasteiger partial charge in [0.1, 0.15) is 0 Å². The van der Waals surface area contributed by atoms with E-state index in [1.165, 1.54) is 18.2 Å². The van der Waals surface area contributed by atoms with E-state index >= 15 is 0 Å². The second-order valence-corrected chi connectivity index (χ2v) is 8.62. The molecule has 5 aromatic rings. The Labute approximate surface area is 170 Å². The smallest absolute Gasteiger partial charge is 0.354 e. The van der Waals surface area contributed by atoms with Gasteiger partial charge in [-0.15, -0.1) is 0 Å². The predicted octanol–water partition coefficient (Wildman–Crippen LogP) is 3.42. The van der Waals surface area contributed by atoms with Crippen molar-refractivity contribution in [1.82, 2.24) is 8.96 Å². The average Bonchev–Trinajstić information content (AvgIpc) is 2.68. The number of aromatic amines is 1. The number of pyridine rings is 2. The van der Waals surface area contributed by atoms with Gasteiger partial charge in [-0.25, -0.2) is 3.97 Å².